The molecule has 6 nitrogen and oxygen atoms in total. The molecule has 1 aliphatic heterocycles. The van der Waals surface area contributed by atoms with E-state index in [1.807, 2.05) is 47.9 Å². The number of ether oxygens (including phenoxy) is 2. The van der Waals surface area contributed by atoms with Crippen LogP contribution in [0.15, 0.2) is 51.7 Å². The highest BCUT2D eigenvalue weighted by molar-refractivity contribution is 5.72. The Bertz CT molecular complexity index is 1010. The van der Waals surface area contributed by atoms with E-state index < -0.39 is 0 Å². The minimum atomic E-state index is -0.268. The number of rotatable bonds is 6. The number of methoxy groups -OCH3 is 1. The quantitative estimate of drug-likeness (QED) is 0.648. The Kier molecular flexibility index (Phi) is 5.39. The van der Waals surface area contributed by atoms with Gasteiger partial charge in [0.15, 0.2) is 17.1 Å². The van der Waals surface area contributed by atoms with E-state index in [-0.39, 0.29) is 11.8 Å². The number of piperidine rings is 1. The summed E-state index contributed by atoms with van der Waals surface area (Å²) in [4.78, 5) is 14.8. The summed E-state index contributed by atoms with van der Waals surface area (Å²) < 4.78 is 18.3. The summed E-state index contributed by atoms with van der Waals surface area (Å²) in [6, 6.07) is 13.8. The van der Waals surface area contributed by atoms with Crippen molar-refractivity contribution in [1.82, 2.24) is 9.47 Å². The molecule has 2 aromatic carbocycles. The van der Waals surface area contributed by atoms with Gasteiger partial charge in [-0.2, -0.15) is 0 Å². The van der Waals surface area contributed by atoms with E-state index in [4.69, 9.17) is 13.9 Å². The highest BCUT2D eigenvalue weighted by Gasteiger charge is 2.25. The van der Waals surface area contributed by atoms with Crippen LogP contribution in [0.4, 0.5) is 0 Å². The Morgan fingerprint density at radius 1 is 1.18 bits per heavy atom. The van der Waals surface area contributed by atoms with Crippen LogP contribution in [0.3, 0.4) is 0 Å². The van der Waals surface area contributed by atoms with Crippen LogP contribution in [0.25, 0.3) is 11.1 Å². The third-order valence-corrected chi connectivity index (χ3v) is 5.30. The number of hydrogen-bond donors (Lipinski definition) is 0. The normalized spacial score (nSPS) is 17.7. The van der Waals surface area contributed by atoms with Gasteiger partial charge in [0.25, 0.3) is 0 Å². The zero-order valence-electron chi connectivity index (χ0n) is 16.4. The van der Waals surface area contributed by atoms with Crippen LogP contribution < -0.4 is 15.2 Å². The summed E-state index contributed by atoms with van der Waals surface area (Å²) >= 11 is 0. The summed E-state index contributed by atoms with van der Waals surface area (Å²) in [7, 11) is 1.66. The van der Waals surface area contributed by atoms with Crippen LogP contribution in [0.5, 0.6) is 11.5 Å². The van der Waals surface area contributed by atoms with E-state index in [0.29, 0.717) is 12.2 Å². The van der Waals surface area contributed by atoms with Gasteiger partial charge in [-0.15, -0.1) is 0 Å². The molecule has 0 saturated carbocycles. The zero-order valence-corrected chi connectivity index (χ0v) is 16.4. The first-order valence-corrected chi connectivity index (χ1v) is 9.81. The lowest BCUT2D eigenvalue weighted by atomic mass is 10.0. The van der Waals surface area contributed by atoms with Crippen molar-refractivity contribution in [2.45, 2.75) is 32.4 Å². The number of hydrogen-bond acceptors (Lipinski definition) is 5. The van der Waals surface area contributed by atoms with Gasteiger partial charge in [0.05, 0.1) is 25.3 Å². The smallest absolute Gasteiger partial charge is 0.420 e. The monoisotopic (exact) mass is 382 g/mol. The summed E-state index contributed by atoms with van der Waals surface area (Å²) in [5, 5.41) is 0. The lowest BCUT2D eigenvalue weighted by Gasteiger charge is -2.33. The molecular weight excluding hydrogens is 356 g/mol. The fraction of sp³-hybridized carbons (Fsp3) is 0.409. The number of nitrogens with zero attached hydrogens (tertiary/aromatic N) is 2. The van der Waals surface area contributed by atoms with Crippen LogP contribution in [0.1, 0.15) is 31.4 Å². The van der Waals surface area contributed by atoms with Crippen LogP contribution in [-0.2, 0) is 6.54 Å². The summed E-state index contributed by atoms with van der Waals surface area (Å²) in [5.74, 6) is 1.25. The third kappa shape index (κ3) is 3.64. The first-order chi connectivity index (χ1) is 13.7. The van der Waals surface area contributed by atoms with E-state index in [0.717, 1.165) is 49.5 Å². The van der Waals surface area contributed by atoms with E-state index in [2.05, 4.69) is 11.0 Å². The lowest BCUT2D eigenvalue weighted by molar-refractivity contribution is 0.167. The van der Waals surface area contributed by atoms with Crippen molar-refractivity contribution >= 4 is 11.1 Å². The van der Waals surface area contributed by atoms with Gasteiger partial charge in [-0.1, -0.05) is 18.2 Å². The highest BCUT2D eigenvalue weighted by atomic mass is 16.5. The number of fused-ring (bicyclic) bond motifs is 1. The molecule has 0 bridgehead atoms. The first kappa shape index (κ1) is 18.6. The van der Waals surface area contributed by atoms with E-state index in [9.17, 15) is 4.79 Å². The predicted octanol–water partition coefficient (Wildman–Crippen LogP) is 3.84. The zero-order chi connectivity index (χ0) is 19.5. The standard InChI is InChI=1S/C22H26N2O4/c1-3-27-20-11-10-16(13-21(20)26-2)14-23-12-6-7-17(15-23)24-18-8-4-5-9-19(18)28-22(24)25/h4-5,8-11,13,17H,3,6-7,12,14-15H2,1-2H3. The van der Waals surface area contributed by atoms with Gasteiger partial charge < -0.3 is 13.9 Å². The molecule has 0 radical (unpaired) electrons. The number of oxazole rings is 1. The van der Waals surface area contributed by atoms with Gasteiger partial charge in [-0.25, -0.2) is 4.79 Å². The predicted molar refractivity (Wildman–Crippen MR) is 108 cm³/mol. The Labute approximate surface area is 164 Å². The van der Waals surface area contributed by atoms with E-state index in [1.165, 1.54) is 5.56 Å². The number of benzene rings is 2. The highest BCUT2D eigenvalue weighted by Crippen LogP contribution is 2.30. The van der Waals surface area contributed by atoms with Crippen molar-refractivity contribution in [3.8, 4) is 11.5 Å². The van der Waals surface area contributed by atoms with E-state index in [1.54, 1.807) is 7.11 Å². The van der Waals surface area contributed by atoms with Crippen LogP contribution in [0.2, 0.25) is 0 Å². The van der Waals surface area contributed by atoms with Gasteiger partial charge in [0, 0.05) is 13.1 Å². The van der Waals surface area contributed by atoms with Gasteiger partial charge in [0.2, 0.25) is 0 Å². The number of aromatic nitrogens is 1. The molecule has 0 aliphatic carbocycles. The second-order valence-electron chi connectivity index (χ2n) is 7.16. The molecule has 1 aromatic heterocycles. The Morgan fingerprint density at radius 2 is 2.04 bits per heavy atom. The molecule has 1 saturated heterocycles. The Hall–Kier alpha value is -2.73. The van der Waals surface area contributed by atoms with Gasteiger partial charge in [-0.05, 0) is 56.1 Å². The fourth-order valence-corrected chi connectivity index (χ4v) is 4.06. The maximum atomic E-state index is 12.4. The molecule has 1 unspecified atom stereocenters. The van der Waals surface area contributed by atoms with Gasteiger partial charge >= 0.3 is 5.76 Å². The van der Waals surface area contributed by atoms with Crippen molar-refractivity contribution in [2.75, 3.05) is 26.8 Å². The molecule has 0 N–H and O–H groups in total. The molecule has 28 heavy (non-hydrogen) atoms. The minimum absolute atomic E-state index is 0.120. The fourth-order valence-electron chi connectivity index (χ4n) is 4.06. The molecule has 0 spiro atoms. The number of likely N-dealkylation sites (tertiary alicyclic amines) is 1. The molecule has 1 fully saturated rings. The Balaban J connectivity index is 1.53. The summed E-state index contributed by atoms with van der Waals surface area (Å²) in [6.07, 6.45) is 2.03. The molecule has 6 heteroatoms. The lowest BCUT2D eigenvalue weighted by Crippen LogP contribution is -2.38. The molecule has 3 aromatic rings. The molecule has 4 rings (SSSR count). The molecule has 2 heterocycles. The number of para-hydroxylation sites is 2. The SMILES string of the molecule is CCOc1ccc(CN2CCCC(n3c(=O)oc4ccccc43)C2)cc1OC. The van der Waals surface area contributed by atoms with Gasteiger partial charge in [0.1, 0.15) is 0 Å². The van der Waals surface area contributed by atoms with Crippen molar-refractivity contribution in [1.29, 1.82) is 0 Å². The van der Waals surface area contributed by atoms with Crippen molar-refractivity contribution < 1.29 is 13.9 Å². The maximum Gasteiger partial charge on any atom is 0.420 e. The molecule has 148 valence electrons. The average Bonchev–Trinajstić information content (AvgIpc) is 3.05. The third-order valence-electron chi connectivity index (χ3n) is 5.30. The second kappa shape index (κ2) is 8.10. The van der Waals surface area contributed by atoms with Crippen LogP contribution in [-0.4, -0.2) is 36.3 Å². The van der Waals surface area contributed by atoms with Crippen LogP contribution in [0, 0.1) is 0 Å². The van der Waals surface area contributed by atoms with Crippen molar-refractivity contribution in [3.05, 3.63) is 58.6 Å². The topological polar surface area (TPSA) is 56.8 Å². The molecule has 1 aliphatic rings. The van der Waals surface area contributed by atoms with Crippen molar-refractivity contribution in [2.24, 2.45) is 0 Å². The molecule has 1 atom stereocenters. The largest absolute Gasteiger partial charge is 0.493 e. The molecule has 0 amide bonds. The van der Waals surface area contributed by atoms with E-state index >= 15 is 0 Å². The summed E-state index contributed by atoms with van der Waals surface area (Å²) in [5.41, 5.74) is 2.70. The first-order valence-electron chi connectivity index (χ1n) is 9.81. The summed E-state index contributed by atoms with van der Waals surface area (Å²) in [6.45, 7) is 5.21. The minimum Gasteiger partial charge on any atom is -0.493 e. The maximum absolute atomic E-state index is 12.4. The average molecular weight is 382 g/mol. The Morgan fingerprint density at radius 3 is 2.86 bits per heavy atom. The second-order valence-corrected chi connectivity index (χ2v) is 7.16. The van der Waals surface area contributed by atoms with Gasteiger partial charge in [-0.3, -0.25) is 9.47 Å². The van der Waals surface area contributed by atoms with Crippen LogP contribution >= 0.6 is 0 Å². The van der Waals surface area contributed by atoms with Crippen molar-refractivity contribution in [3.63, 3.8) is 0 Å². The molecular formula is C22H26N2O4.